The normalized spacial score (nSPS) is 14.8. The topological polar surface area (TPSA) is 63.3 Å². The molecule has 17 heavy (non-hydrogen) atoms. The molecule has 0 spiro atoms. The van der Waals surface area contributed by atoms with Gasteiger partial charge in [-0.15, -0.1) is 0 Å². The smallest absolute Gasteiger partial charge is 0.417 e. The molecule has 1 aromatic rings. The zero-order valence-corrected chi connectivity index (χ0v) is 8.77. The van der Waals surface area contributed by atoms with E-state index in [1.807, 2.05) is 0 Å². The molecule has 92 valence electrons. The van der Waals surface area contributed by atoms with Crippen LogP contribution in [0.3, 0.4) is 0 Å². The molecule has 0 atom stereocenters. The summed E-state index contributed by atoms with van der Waals surface area (Å²) in [6, 6.07) is 0.912. The van der Waals surface area contributed by atoms with E-state index in [9.17, 15) is 18.0 Å². The van der Waals surface area contributed by atoms with Gasteiger partial charge in [0.1, 0.15) is 0 Å². The van der Waals surface area contributed by atoms with Crippen molar-refractivity contribution >= 4 is 11.7 Å². The van der Waals surface area contributed by atoms with Crippen LogP contribution in [0.1, 0.15) is 33.5 Å². The lowest BCUT2D eigenvalue weighted by molar-refractivity contribution is -0.138. The van der Waals surface area contributed by atoms with Crippen LogP contribution in [-0.4, -0.2) is 11.1 Å². The monoisotopic (exact) mass is 245 g/mol. The zero-order chi connectivity index (χ0) is 12.8. The van der Waals surface area contributed by atoms with E-state index in [0.29, 0.717) is 18.4 Å². The van der Waals surface area contributed by atoms with Gasteiger partial charge in [0.05, 0.1) is 11.1 Å². The quantitative estimate of drug-likeness (QED) is 0.747. The highest BCUT2D eigenvalue weighted by Crippen LogP contribution is 2.41. The average molecular weight is 245 g/mol. The maximum atomic E-state index is 12.9. The van der Waals surface area contributed by atoms with Crippen molar-refractivity contribution in [3.63, 3.8) is 0 Å². The molecule has 3 nitrogen and oxygen atoms in total. The highest BCUT2D eigenvalue weighted by Gasteiger charge is 2.40. The van der Waals surface area contributed by atoms with Crippen molar-refractivity contribution in [2.24, 2.45) is 0 Å². The molecule has 0 aliphatic heterocycles. The molecule has 0 saturated carbocycles. The molecule has 0 bridgehead atoms. The maximum Gasteiger partial charge on any atom is 0.417 e. The van der Waals surface area contributed by atoms with E-state index in [2.05, 4.69) is 0 Å². The van der Waals surface area contributed by atoms with Crippen LogP contribution >= 0.6 is 0 Å². The summed E-state index contributed by atoms with van der Waals surface area (Å²) in [5.41, 5.74) is 4.44. The Bertz CT molecular complexity index is 494. The van der Waals surface area contributed by atoms with Gasteiger partial charge in [-0.3, -0.25) is 0 Å². The van der Waals surface area contributed by atoms with Gasteiger partial charge in [0, 0.05) is 5.69 Å². The van der Waals surface area contributed by atoms with Gasteiger partial charge in [0.25, 0.3) is 0 Å². The first kappa shape index (κ1) is 11.8. The van der Waals surface area contributed by atoms with Crippen molar-refractivity contribution < 1.29 is 23.1 Å². The van der Waals surface area contributed by atoms with Crippen molar-refractivity contribution in [1.29, 1.82) is 0 Å². The molecule has 1 aliphatic carbocycles. The third-order valence-electron chi connectivity index (χ3n) is 2.95. The summed E-state index contributed by atoms with van der Waals surface area (Å²) >= 11 is 0. The minimum atomic E-state index is -4.66. The van der Waals surface area contributed by atoms with E-state index in [-0.39, 0.29) is 17.7 Å². The van der Waals surface area contributed by atoms with E-state index < -0.39 is 23.3 Å². The predicted molar refractivity (Wildman–Crippen MR) is 54.8 cm³/mol. The fourth-order valence-corrected chi connectivity index (χ4v) is 2.31. The maximum absolute atomic E-state index is 12.9. The van der Waals surface area contributed by atoms with E-state index in [1.165, 1.54) is 0 Å². The lowest BCUT2D eigenvalue weighted by Gasteiger charge is -2.16. The summed E-state index contributed by atoms with van der Waals surface area (Å²) in [4.78, 5) is 10.9. The molecule has 3 N–H and O–H groups in total. The number of rotatable bonds is 1. The Morgan fingerprint density at radius 2 is 1.88 bits per heavy atom. The van der Waals surface area contributed by atoms with Crippen molar-refractivity contribution in [2.75, 3.05) is 5.73 Å². The van der Waals surface area contributed by atoms with Gasteiger partial charge >= 0.3 is 12.1 Å². The minimum Gasteiger partial charge on any atom is -0.478 e. The number of carboxylic acids is 1. The van der Waals surface area contributed by atoms with E-state index in [0.717, 1.165) is 6.07 Å². The summed E-state index contributed by atoms with van der Waals surface area (Å²) in [6.45, 7) is 0. The minimum absolute atomic E-state index is 0.0508. The lowest BCUT2D eigenvalue weighted by Crippen LogP contribution is -2.17. The molecule has 6 heteroatoms. The Balaban J connectivity index is 2.78. The summed E-state index contributed by atoms with van der Waals surface area (Å²) in [5.74, 6) is -1.60. The molecule has 0 unspecified atom stereocenters. The van der Waals surface area contributed by atoms with Crippen LogP contribution in [-0.2, 0) is 19.0 Å². The largest absolute Gasteiger partial charge is 0.478 e. The average Bonchev–Trinajstić information content (AvgIpc) is 2.63. The number of benzene rings is 1. The van der Waals surface area contributed by atoms with Crippen LogP contribution in [0, 0.1) is 0 Å². The molecule has 0 amide bonds. The second-order valence-electron chi connectivity index (χ2n) is 4.00. The van der Waals surface area contributed by atoms with Crippen molar-refractivity contribution in [3.05, 3.63) is 28.3 Å². The number of hydrogen-bond donors (Lipinski definition) is 2. The summed E-state index contributed by atoms with van der Waals surface area (Å²) in [6.07, 6.45) is -3.37. The number of anilines is 1. The number of halogens is 3. The Labute approximate surface area is 95.0 Å². The molecule has 2 rings (SSSR count). The first-order chi connectivity index (χ1) is 7.82. The molecule has 1 aromatic carbocycles. The molecule has 0 fully saturated rings. The standard InChI is InChI=1S/C11H10F3NO2/c12-11(13,14)9-6-3-1-2-5(6)8(15)4-7(9)10(16)17/h4H,1-3,15H2,(H,16,17). The molecule has 0 saturated heterocycles. The van der Waals surface area contributed by atoms with E-state index >= 15 is 0 Å². The Hall–Kier alpha value is -1.72. The number of aromatic carboxylic acids is 1. The van der Waals surface area contributed by atoms with Crippen molar-refractivity contribution in [1.82, 2.24) is 0 Å². The van der Waals surface area contributed by atoms with Crippen LogP contribution in [0.25, 0.3) is 0 Å². The van der Waals surface area contributed by atoms with Crippen molar-refractivity contribution in [2.45, 2.75) is 25.4 Å². The first-order valence-electron chi connectivity index (χ1n) is 5.07. The predicted octanol–water partition coefficient (Wildman–Crippen LogP) is 2.47. The van der Waals surface area contributed by atoms with Gasteiger partial charge in [-0.25, -0.2) is 4.79 Å². The molecular weight excluding hydrogens is 235 g/mol. The highest BCUT2D eigenvalue weighted by molar-refractivity contribution is 5.92. The molecule has 1 aliphatic rings. The zero-order valence-electron chi connectivity index (χ0n) is 8.77. The Kier molecular flexibility index (Phi) is 2.52. The molecule has 0 radical (unpaired) electrons. The molecular formula is C11H10F3NO2. The number of alkyl halides is 3. The molecule has 0 aromatic heterocycles. The third-order valence-corrected chi connectivity index (χ3v) is 2.95. The number of carbonyl (C=O) groups is 1. The Morgan fingerprint density at radius 3 is 2.41 bits per heavy atom. The second-order valence-corrected chi connectivity index (χ2v) is 4.00. The number of nitrogen functional groups attached to an aromatic ring is 1. The fourth-order valence-electron chi connectivity index (χ4n) is 2.31. The summed E-state index contributed by atoms with van der Waals surface area (Å²) in [5, 5.41) is 8.83. The van der Waals surface area contributed by atoms with Gasteiger partial charge in [0.15, 0.2) is 0 Å². The van der Waals surface area contributed by atoms with Crippen molar-refractivity contribution in [3.8, 4) is 0 Å². The van der Waals surface area contributed by atoms with Gasteiger partial charge in [0.2, 0.25) is 0 Å². The van der Waals surface area contributed by atoms with E-state index in [4.69, 9.17) is 10.8 Å². The van der Waals surface area contributed by atoms with Gasteiger partial charge in [-0.05, 0) is 36.5 Å². The Morgan fingerprint density at radius 1 is 1.29 bits per heavy atom. The SMILES string of the molecule is Nc1cc(C(=O)O)c(C(F)(F)F)c2c1CCC2. The lowest BCUT2D eigenvalue weighted by atomic mass is 9.95. The summed E-state index contributed by atoms with van der Waals surface area (Å²) in [7, 11) is 0. The number of nitrogens with two attached hydrogens (primary N) is 1. The number of carboxylic acid groups (broad SMARTS) is 1. The highest BCUT2D eigenvalue weighted by atomic mass is 19.4. The van der Waals surface area contributed by atoms with E-state index in [1.54, 1.807) is 0 Å². The van der Waals surface area contributed by atoms with Crippen LogP contribution < -0.4 is 5.73 Å². The number of hydrogen-bond acceptors (Lipinski definition) is 2. The van der Waals surface area contributed by atoms with Gasteiger partial charge < -0.3 is 10.8 Å². The first-order valence-corrected chi connectivity index (χ1v) is 5.07. The fraction of sp³-hybridized carbons (Fsp3) is 0.364. The van der Waals surface area contributed by atoms with Crippen LogP contribution in [0.5, 0.6) is 0 Å². The van der Waals surface area contributed by atoms with Crippen LogP contribution in [0.2, 0.25) is 0 Å². The van der Waals surface area contributed by atoms with Gasteiger partial charge in [-0.1, -0.05) is 0 Å². The second kappa shape index (κ2) is 3.65. The number of fused-ring (bicyclic) bond motifs is 1. The van der Waals surface area contributed by atoms with Crippen LogP contribution in [0.15, 0.2) is 6.07 Å². The summed E-state index contributed by atoms with van der Waals surface area (Å²) < 4.78 is 38.7. The third kappa shape index (κ3) is 1.83. The van der Waals surface area contributed by atoms with Crippen LogP contribution in [0.4, 0.5) is 18.9 Å². The molecule has 0 heterocycles. The van der Waals surface area contributed by atoms with Gasteiger partial charge in [-0.2, -0.15) is 13.2 Å².